The van der Waals surface area contributed by atoms with E-state index in [1.165, 1.54) is 6.92 Å². The number of ketones is 1. The summed E-state index contributed by atoms with van der Waals surface area (Å²) in [4.78, 5) is 40.8. The summed E-state index contributed by atoms with van der Waals surface area (Å²) in [5, 5.41) is 20.7. The number of aliphatic carboxylic acids is 1. The lowest BCUT2D eigenvalue weighted by Gasteiger charge is -2.15. The summed E-state index contributed by atoms with van der Waals surface area (Å²) in [7, 11) is 0. The molecule has 0 saturated carbocycles. The number of hydrogen-bond acceptors (Lipinski definition) is 7. The number of Topliss-reactive ketones (excluding diaryl/α,β-unsaturated/α-hetero) is 1. The van der Waals surface area contributed by atoms with Gasteiger partial charge in [0.05, 0.1) is 16.1 Å². The van der Waals surface area contributed by atoms with Crippen LogP contribution in [0.2, 0.25) is 0 Å². The van der Waals surface area contributed by atoms with Crippen LogP contribution in [0, 0.1) is 10.1 Å². The number of pyridine rings is 2. The molecule has 2 aromatic rings. The van der Waals surface area contributed by atoms with Crippen LogP contribution in [-0.2, 0) is 17.1 Å². The smallest absolute Gasteiger partial charge is 0.418 e. The number of aromatic nitrogens is 2. The van der Waals surface area contributed by atoms with Gasteiger partial charge in [-0.05, 0) is 11.8 Å². The molecule has 0 saturated heterocycles. The highest BCUT2D eigenvalue weighted by atomic mass is 32.2. The maximum atomic E-state index is 13.0. The molecule has 172 valence electrons. The molecule has 2 heterocycles. The molecular weight excluding hydrogens is 472 g/mol. The highest BCUT2D eigenvalue weighted by molar-refractivity contribution is 7.99. The maximum Gasteiger partial charge on any atom is 0.418 e. The number of halogens is 6. The van der Waals surface area contributed by atoms with Crippen LogP contribution in [0.3, 0.4) is 0 Å². The molecule has 1 N–H and O–H groups in total. The second-order valence-corrected chi connectivity index (χ2v) is 7.33. The summed E-state index contributed by atoms with van der Waals surface area (Å²) in [6.07, 6.45) is -9.47. The van der Waals surface area contributed by atoms with Crippen LogP contribution in [0.15, 0.2) is 29.4 Å². The number of rotatable bonds is 7. The first kappa shape index (κ1) is 25.0. The second kappa shape index (κ2) is 9.10. The van der Waals surface area contributed by atoms with Crippen LogP contribution in [0.5, 0.6) is 0 Å². The van der Waals surface area contributed by atoms with Gasteiger partial charge in [-0.3, -0.25) is 29.7 Å². The first-order valence-electron chi connectivity index (χ1n) is 8.37. The van der Waals surface area contributed by atoms with Crippen molar-refractivity contribution in [3.63, 3.8) is 0 Å². The largest absolute Gasteiger partial charge is 0.480 e. The molecule has 1 atom stereocenters. The van der Waals surface area contributed by atoms with Crippen molar-refractivity contribution in [3.8, 4) is 0 Å². The summed E-state index contributed by atoms with van der Waals surface area (Å²) in [6, 6.07) is 0.579. The van der Waals surface area contributed by atoms with Gasteiger partial charge in [0.25, 0.3) is 5.69 Å². The minimum atomic E-state index is -5.04. The lowest BCUT2D eigenvalue weighted by atomic mass is 9.95. The van der Waals surface area contributed by atoms with Gasteiger partial charge in [-0.25, -0.2) is 0 Å². The summed E-state index contributed by atoms with van der Waals surface area (Å²) in [5.74, 6) is -5.82. The van der Waals surface area contributed by atoms with Crippen LogP contribution in [0.25, 0.3) is 0 Å². The molecule has 0 aliphatic rings. The van der Waals surface area contributed by atoms with Gasteiger partial charge in [0.2, 0.25) is 5.78 Å². The number of nitro groups is 1. The third kappa shape index (κ3) is 5.33. The van der Waals surface area contributed by atoms with Gasteiger partial charge in [0.1, 0.15) is 11.4 Å². The lowest BCUT2D eigenvalue weighted by Crippen LogP contribution is -2.26. The van der Waals surface area contributed by atoms with Gasteiger partial charge in [-0.2, -0.15) is 26.3 Å². The van der Waals surface area contributed by atoms with Crippen molar-refractivity contribution in [3.05, 3.63) is 57.2 Å². The molecule has 2 rings (SSSR count). The van der Waals surface area contributed by atoms with E-state index in [0.717, 1.165) is 11.8 Å². The predicted octanol–water partition coefficient (Wildman–Crippen LogP) is 4.59. The molecule has 0 radical (unpaired) electrons. The first-order valence-corrected chi connectivity index (χ1v) is 9.35. The Bertz CT molecular complexity index is 1070. The lowest BCUT2D eigenvalue weighted by molar-refractivity contribution is -0.386. The number of nitrogens with zero attached hydrogens (tertiary/aromatic N) is 3. The average molecular weight is 483 g/mol. The van der Waals surface area contributed by atoms with Gasteiger partial charge < -0.3 is 5.11 Å². The summed E-state index contributed by atoms with van der Waals surface area (Å²) in [6.45, 7) is 1.52. The zero-order valence-corrected chi connectivity index (χ0v) is 16.5. The van der Waals surface area contributed by atoms with E-state index in [9.17, 15) is 51.2 Å². The molecule has 15 heteroatoms. The summed E-state index contributed by atoms with van der Waals surface area (Å²) >= 11 is 0.722. The number of alkyl halides is 6. The molecule has 0 aliphatic heterocycles. The zero-order chi connectivity index (χ0) is 24.4. The Hall–Kier alpha value is -3.23. The van der Waals surface area contributed by atoms with E-state index in [-0.39, 0.29) is 29.1 Å². The van der Waals surface area contributed by atoms with Crippen LogP contribution < -0.4 is 0 Å². The predicted molar refractivity (Wildman–Crippen MR) is 96.2 cm³/mol. The van der Waals surface area contributed by atoms with Crippen LogP contribution in [0.4, 0.5) is 32.0 Å². The first-order chi connectivity index (χ1) is 14.7. The molecule has 0 fully saturated rings. The molecule has 0 aliphatic carbocycles. The van der Waals surface area contributed by atoms with E-state index in [1.807, 2.05) is 0 Å². The van der Waals surface area contributed by atoms with E-state index in [4.69, 9.17) is 0 Å². The summed E-state index contributed by atoms with van der Waals surface area (Å²) in [5.41, 5.74) is -6.03. The molecular formula is C17H11F6N3O5S. The molecule has 8 nitrogen and oxygen atoms in total. The summed E-state index contributed by atoms with van der Waals surface area (Å²) < 4.78 is 77.5. The third-order valence-corrected chi connectivity index (χ3v) is 4.83. The Labute approximate surface area is 178 Å². The average Bonchev–Trinajstić information content (AvgIpc) is 2.66. The van der Waals surface area contributed by atoms with E-state index in [1.54, 1.807) is 0 Å². The molecule has 0 bridgehead atoms. The number of carbonyl (C=O) groups is 2. The van der Waals surface area contributed by atoms with E-state index in [0.29, 0.717) is 6.07 Å². The van der Waals surface area contributed by atoms with E-state index >= 15 is 0 Å². The fraction of sp³-hybridized carbons (Fsp3) is 0.294. The van der Waals surface area contributed by atoms with Gasteiger partial charge in [-0.15, -0.1) is 11.8 Å². The molecule has 2 aromatic heterocycles. The Morgan fingerprint density at radius 1 is 1.09 bits per heavy atom. The number of carboxylic acid groups (broad SMARTS) is 1. The fourth-order valence-corrected chi connectivity index (χ4v) is 3.34. The number of hydrogen-bond donors (Lipinski definition) is 1. The molecule has 0 spiro atoms. The Kier molecular flexibility index (Phi) is 7.12. The van der Waals surface area contributed by atoms with Crippen molar-refractivity contribution in [2.45, 2.75) is 30.1 Å². The fourth-order valence-electron chi connectivity index (χ4n) is 2.53. The standard InChI is InChI=1S/C17H11F6N3O5S/c1-2-32-10-4-8(17(21,22)23)6-25-13(10)14(27)11(15(28)29)12-9(26(30)31)3-7(5-24-12)16(18,19)20/h3-6,11H,2H2,1H3,(H,28,29). The van der Waals surface area contributed by atoms with Crippen molar-refractivity contribution in [1.82, 2.24) is 9.97 Å². The Balaban J connectivity index is 2.68. The van der Waals surface area contributed by atoms with Gasteiger partial charge in [-0.1, -0.05) is 6.92 Å². The van der Waals surface area contributed by atoms with Crippen molar-refractivity contribution >= 4 is 29.2 Å². The normalized spacial score (nSPS) is 13.0. The molecule has 32 heavy (non-hydrogen) atoms. The zero-order valence-electron chi connectivity index (χ0n) is 15.7. The quantitative estimate of drug-likeness (QED) is 0.152. The third-order valence-electron chi connectivity index (χ3n) is 3.92. The highest BCUT2D eigenvalue weighted by Gasteiger charge is 2.41. The molecule has 1 unspecified atom stereocenters. The minimum absolute atomic E-state index is 0.0213. The van der Waals surface area contributed by atoms with Crippen LogP contribution in [-0.4, -0.2) is 37.5 Å². The number of carboxylic acids is 1. The number of carbonyl (C=O) groups excluding carboxylic acids is 1. The Morgan fingerprint density at radius 3 is 2.09 bits per heavy atom. The van der Waals surface area contributed by atoms with Crippen molar-refractivity contribution in [2.24, 2.45) is 0 Å². The minimum Gasteiger partial charge on any atom is -0.480 e. The van der Waals surface area contributed by atoms with E-state index in [2.05, 4.69) is 9.97 Å². The molecule has 0 aromatic carbocycles. The maximum absolute atomic E-state index is 13.0. The van der Waals surface area contributed by atoms with Crippen molar-refractivity contribution < 1.29 is 46.0 Å². The second-order valence-electron chi connectivity index (χ2n) is 6.02. The van der Waals surface area contributed by atoms with Gasteiger partial charge in [0, 0.05) is 23.4 Å². The highest BCUT2D eigenvalue weighted by Crippen LogP contribution is 2.37. The Morgan fingerprint density at radius 2 is 1.62 bits per heavy atom. The van der Waals surface area contributed by atoms with Gasteiger partial charge >= 0.3 is 18.3 Å². The van der Waals surface area contributed by atoms with Crippen LogP contribution >= 0.6 is 11.8 Å². The topological polar surface area (TPSA) is 123 Å². The SMILES string of the molecule is CCSc1cc(C(F)(F)F)cnc1C(=O)C(C(=O)O)c1ncc(C(F)(F)F)cc1[N+](=O)[O-]. The number of thioether (sulfide) groups is 1. The monoisotopic (exact) mass is 483 g/mol. The van der Waals surface area contributed by atoms with Crippen molar-refractivity contribution in [2.75, 3.05) is 5.75 Å². The van der Waals surface area contributed by atoms with E-state index < -0.39 is 63.1 Å². The van der Waals surface area contributed by atoms with Crippen LogP contribution in [0.1, 0.15) is 40.2 Å². The van der Waals surface area contributed by atoms with Gasteiger partial charge in [0.15, 0.2) is 5.92 Å². The van der Waals surface area contributed by atoms with Crippen molar-refractivity contribution in [1.29, 1.82) is 0 Å². The molecule has 0 amide bonds.